The number of rotatable bonds is 2. The van der Waals surface area contributed by atoms with Crippen molar-refractivity contribution in [1.29, 1.82) is 0 Å². The molecule has 0 radical (unpaired) electrons. The van der Waals surface area contributed by atoms with Crippen molar-refractivity contribution in [3.05, 3.63) is 123 Å². The molecule has 0 spiro atoms. The highest BCUT2D eigenvalue weighted by molar-refractivity contribution is 9.10. The summed E-state index contributed by atoms with van der Waals surface area (Å²) >= 11 is 7.57. The van der Waals surface area contributed by atoms with E-state index in [1.165, 1.54) is 61.6 Å². The van der Waals surface area contributed by atoms with E-state index in [1.54, 1.807) is 0 Å². The largest absolute Gasteiger partial charge is 0.421 e. The second kappa shape index (κ2) is 10.1. The van der Waals surface area contributed by atoms with Crippen molar-refractivity contribution in [3.8, 4) is 22.3 Å². The molecule has 0 bridgehead atoms. The van der Waals surface area contributed by atoms with E-state index < -0.39 is 0 Å². The van der Waals surface area contributed by atoms with Gasteiger partial charge >= 0.3 is 6.98 Å². The van der Waals surface area contributed by atoms with Gasteiger partial charge in [0.2, 0.25) is 0 Å². The number of benzene rings is 5. The Morgan fingerprint density at radius 3 is 1.26 bits per heavy atom. The Kier molecular flexibility index (Phi) is 6.72. The molecule has 0 aliphatic carbocycles. The Balaban J connectivity index is 1.54. The average Bonchev–Trinajstić information content (AvgIpc) is 2.97. The summed E-state index contributed by atoms with van der Waals surface area (Å²) in [7, 11) is 0. The van der Waals surface area contributed by atoms with Gasteiger partial charge in [-0.15, -0.1) is 0 Å². The van der Waals surface area contributed by atoms with Crippen molar-refractivity contribution in [2.24, 2.45) is 0 Å². The monoisotopic (exact) mass is 688 g/mol. The molecule has 2 heterocycles. The Bertz CT molecular complexity index is 1730. The third kappa shape index (κ3) is 4.76. The zero-order valence-corrected chi connectivity index (χ0v) is 28.7. The number of hydrogen-bond acceptors (Lipinski definition) is 2. The quantitative estimate of drug-likeness (QED) is 0.170. The molecule has 43 heavy (non-hydrogen) atoms. The van der Waals surface area contributed by atoms with Gasteiger partial charge in [0.1, 0.15) is 0 Å². The van der Waals surface area contributed by atoms with Crippen LogP contribution in [0, 0.1) is 0 Å². The zero-order chi connectivity index (χ0) is 30.3. The van der Waals surface area contributed by atoms with Crippen LogP contribution >= 0.6 is 31.9 Å². The summed E-state index contributed by atoms with van der Waals surface area (Å²) in [6.45, 7) is 13.6. The molecule has 0 fully saturated rings. The molecular weight excluding hydrogens is 655 g/mol. The molecule has 0 saturated heterocycles. The summed E-state index contributed by atoms with van der Waals surface area (Å²) in [5, 5.41) is 0. The maximum atomic E-state index is 3.79. The van der Waals surface area contributed by atoms with E-state index in [9.17, 15) is 0 Å². The minimum Gasteiger partial charge on any atom is -0.361 e. The summed E-state index contributed by atoms with van der Waals surface area (Å²) in [6.07, 6.45) is 0. The molecule has 0 saturated carbocycles. The first-order valence-electron chi connectivity index (χ1n) is 14.9. The molecule has 5 aromatic carbocycles. The van der Waals surface area contributed by atoms with Crippen LogP contribution in [0.4, 0.5) is 22.7 Å². The van der Waals surface area contributed by atoms with Crippen LogP contribution in [0.25, 0.3) is 22.3 Å². The predicted octanol–water partition coefficient (Wildman–Crippen LogP) is 11.1. The third-order valence-electron chi connectivity index (χ3n) is 8.89. The lowest BCUT2D eigenvalue weighted by Gasteiger charge is -2.48. The summed E-state index contributed by atoms with van der Waals surface area (Å²) < 4.78 is 2.16. The summed E-state index contributed by atoms with van der Waals surface area (Å²) in [5.41, 5.74) is 14.0. The Morgan fingerprint density at radius 1 is 0.488 bits per heavy atom. The van der Waals surface area contributed by atoms with E-state index in [4.69, 9.17) is 0 Å². The average molecular weight is 690 g/mol. The van der Waals surface area contributed by atoms with Gasteiger partial charge in [-0.3, -0.25) is 0 Å². The first-order chi connectivity index (χ1) is 20.4. The molecule has 5 aromatic rings. The Hall–Kier alpha value is -3.28. The van der Waals surface area contributed by atoms with Crippen LogP contribution in [-0.2, 0) is 10.8 Å². The number of anilines is 4. The fraction of sp³-hybridized carbons (Fsp3) is 0.211. The maximum absolute atomic E-state index is 3.79. The lowest BCUT2D eigenvalue weighted by Crippen LogP contribution is -2.61. The van der Waals surface area contributed by atoms with E-state index >= 15 is 0 Å². The molecule has 7 rings (SSSR count). The summed E-state index contributed by atoms with van der Waals surface area (Å²) in [4.78, 5) is 5.09. The molecule has 5 heteroatoms. The van der Waals surface area contributed by atoms with Gasteiger partial charge < -0.3 is 9.62 Å². The second-order valence-electron chi connectivity index (χ2n) is 13.8. The Morgan fingerprint density at radius 2 is 0.884 bits per heavy atom. The third-order valence-corrected chi connectivity index (χ3v) is 9.88. The number of fused-ring (bicyclic) bond motifs is 4. The van der Waals surface area contributed by atoms with Gasteiger partial charge in [-0.1, -0.05) is 116 Å². The number of halogens is 2. The van der Waals surface area contributed by atoms with E-state index in [0.717, 1.165) is 8.95 Å². The van der Waals surface area contributed by atoms with Gasteiger partial charge in [-0.2, -0.15) is 0 Å². The molecule has 0 N–H and O–H groups in total. The van der Waals surface area contributed by atoms with Gasteiger partial charge in [0.15, 0.2) is 0 Å². The number of nitrogens with zero attached hydrogens (tertiary/aromatic N) is 2. The van der Waals surface area contributed by atoms with Crippen molar-refractivity contribution >= 4 is 67.1 Å². The molecule has 2 nitrogen and oxygen atoms in total. The molecule has 0 unspecified atom stereocenters. The highest BCUT2D eigenvalue weighted by atomic mass is 79.9. The van der Waals surface area contributed by atoms with Crippen LogP contribution in [0.3, 0.4) is 0 Å². The van der Waals surface area contributed by atoms with Gasteiger partial charge in [0.05, 0.1) is 0 Å². The van der Waals surface area contributed by atoms with Crippen molar-refractivity contribution < 1.29 is 0 Å². The first-order valence-corrected chi connectivity index (χ1v) is 16.5. The van der Waals surface area contributed by atoms with Gasteiger partial charge in [0.25, 0.3) is 0 Å². The zero-order valence-electron chi connectivity index (χ0n) is 25.5. The highest BCUT2D eigenvalue weighted by Gasteiger charge is 2.46. The number of hydrogen-bond donors (Lipinski definition) is 0. The van der Waals surface area contributed by atoms with Crippen LogP contribution in [-0.4, -0.2) is 6.98 Å². The normalized spacial score (nSPS) is 13.9. The standard InChI is InChI=1S/C38H35BBr2N2/c1-37(2,3)24-10-16-28(17-11-24)42-34-20-14-26(40)22-32(34)30-8-7-9-31-33-23-27(41)15-21-35(33)43(39(42)36(30)31)29-18-12-25(13-19-29)38(4,5)6/h7-23H,1-6H3. The van der Waals surface area contributed by atoms with E-state index in [1.807, 2.05) is 0 Å². The summed E-state index contributed by atoms with van der Waals surface area (Å²) in [6, 6.07) is 38.6. The molecule has 0 aromatic heterocycles. The topological polar surface area (TPSA) is 6.48 Å². The Labute approximate surface area is 273 Å². The van der Waals surface area contributed by atoms with Crippen molar-refractivity contribution in [1.82, 2.24) is 0 Å². The molecule has 2 aliphatic rings. The highest BCUT2D eigenvalue weighted by Crippen LogP contribution is 2.50. The van der Waals surface area contributed by atoms with Gasteiger partial charge in [-0.25, -0.2) is 0 Å². The lowest BCUT2D eigenvalue weighted by molar-refractivity contribution is 0.590. The molecule has 214 valence electrons. The maximum Gasteiger partial charge on any atom is 0.421 e. The second-order valence-corrected chi connectivity index (χ2v) is 15.6. The predicted molar refractivity (Wildman–Crippen MR) is 193 cm³/mol. The fourth-order valence-corrected chi connectivity index (χ4v) is 7.35. The van der Waals surface area contributed by atoms with Crippen molar-refractivity contribution in [2.75, 3.05) is 9.62 Å². The smallest absolute Gasteiger partial charge is 0.361 e. The van der Waals surface area contributed by atoms with Crippen LogP contribution in [0.5, 0.6) is 0 Å². The SMILES string of the molecule is CC(C)(C)c1ccc(N2B3c4c(cccc4-c4cc(Br)ccc4N3c3ccc(C(C)(C)C)cc3)-c3cc(Br)ccc32)cc1. The van der Waals surface area contributed by atoms with Crippen LogP contribution < -0.4 is 15.1 Å². The van der Waals surface area contributed by atoms with Crippen LogP contribution in [0.2, 0.25) is 0 Å². The minimum absolute atomic E-state index is 0.0745. The molecular formula is C38H35BBr2N2. The first kappa shape index (κ1) is 28.5. The van der Waals surface area contributed by atoms with Crippen LogP contribution in [0.15, 0.2) is 112 Å². The minimum atomic E-state index is -0.0745. The van der Waals surface area contributed by atoms with Crippen molar-refractivity contribution in [3.63, 3.8) is 0 Å². The van der Waals surface area contributed by atoms with E-state index in [0.29, 0.717) is 0 Å². The summed E-state index contributed by atoms with van der Waals surface area (Å²) in [5.74, 6) is 0. The molecule has 0 atom stereocenters. The van der Waals surface area contributed by atoms with Crippen molar-refractivity contribution in [2.45, 2.75) is 52.4 Å². The molecule has 0 amide bonds. The lowest BCUT2D eigenvalue weighted by atomic mass is 9.53. The van der Waals surface area contributed by atoms with Gasteiger partial charge in [-0.05, 0) is 99.2 Å². The fourth-order valence-electron chi connectivity index (χ4n) is 6.62. The van der Waals surface area contributed by atoms with E-state index in [-0.39, 0.29) is 17.8 Å². The van der Waals surface area contributed by atoms with Gasteiger partial charge in [0, 0.05) is 42.8 Å². The molecule has 2 aliphatic heterocycles. The van der Waals surface area contributed by atoms with Crippen LogP contribution in [0.1, 0.15) is 52.7 Å². The van der Waals surface area contributed by atoms with E-state index in [2.05, 4.69) is 186 Å².